The van der Waals surface area contributed by atoms with Crippen LogP contribution in [0.2, 0.25) is 0 Å². The van der Waals surface area contributed by atoms with Crippen LogP contribution in [0.4, 0.5) is 11.4 Å². The summed E-state index contributed by atoms with van der Waals surface area (Å²) < 4.78 is 308. The Kier molecular flexibility index (Phi) is 31.7. The third kappa shape index (κ3) is 26.1. The fourth-order valence-corrected chi connectivity index (χ4v) is 13.4. The second-order valence-electron chi connectivity index (χ2n) is 22.1. The van der Waals surface area contributed by atoms with E-state index in [-0.39, 0.29) is 243 Å². The standard InChI is InChI=1S/2C29H22N2O9S2.4Na.4H2O4S/c2*30-26-22(29-31-23-13-17-11-15-5-1-2-6-16(15)12-18(17)14-24(23)38-29)10-9-21-25(26)28(40-42(35,36)37)20-8-4-3-7-19(20)27(21)39-41(32,33)34;;;;;4*1-5(2,3)4/h2*1-10,12,14-16,18,23H,13,30H2,(H,32,33,34)(H,35,36,37);;;;;4*(H2,1,2,3,4)/q;;4*+1;;;;/p-12. The van der Waals surface area contributed by atoms with Crippen LogP contribution in [0.3, 0.4) is 0 Å². The zero-order valence-corrected chi connectivity index (χ0v) is 69.6. The van der Waals surface area contributed by atoms with Crippen LogP contribution in [0.25, 0.3) is 43.1 Å². The molecule has 0 saturated heterocycles. The van der Waals surface area contributed by atoms with E-state index in [0.29, 0.717) is 24.4 Å². The molecule has 8 unspecified atom stereocenters. The Morgan fingerprint density at radius 1 is 0.380 bits per heavy atom. The van der Waals surface area contributed by atoms with Gasteiger partial charge in [-0.3, -0.25) is 33.7 Å². The van der Waals surface area contributed by atoms with Crippen LogP contribution >= 0.6 is 0 Å². The molecule has 0 saturated carbocycles. The summed E-state index contributed by atoms with van der Waals surface area (Å²) in [4.78, 5) is 9.47. The zero-order chi connectivity index (χ0) is 76.8. The van der Waals surface area contributed by atoms with Gasteiger partial charge in [0, 0.05) is 97.6 Å². The van der Waals surface area contributed by atoms with Crippen molar-refractivity contribution in [2.24, 2.45) is 45.5 Å². The maximum atomic E-state index is 11.8. The van der Waals surface area contributed by atoms with Crippen molar-refractivity contribution in [3.05, 3.63) is 192 Å². The molecular formula is C58H40N4Na4O34S8-8. The van der Waals surface area contributed by atoms with Gasteiger partial charge in [-0.05, 0) is 86.1 Å². The Hall–Kier alpha value is -4.86. The predicted molar refractivity (Wildman–Crippen MR) is 343 cm³/mol. The van der Waals surface area contributed by atoms with Crippen molar-refractivity contribution in [3.8, 4) is 23.0 Å². The summed E-state index contributed by atoms with van der Waals surface area (Å²) in [5.41, 5.74) is 15.5. The minimum Gasteiger partial charge on any atom is -0.759 e. The molecule has 6 aromatic rings. The number of ether oxygens (including phenoxy) is 2. The number of rotatable bonds is 10. The number of aliphatic imine (C=N–C) groups is 2. The second-order valence-corrected chi connectivity index (χ2v) is 29.3. The Balaban J connectivity index is 0.000000301. The average Bonchev–Trinajstić information content (AvgIpc) is 1.02. The topological polar surface area (TPSA) is 682 Å². The molecule has 4 radical (unpaired) electrons. The van der Waals surface area contributed by atoms with Crippen molar-refractivity contribution in [3.63, 3.8) is 0 Å². The first-order valence-electron chi connectivity index (χ1n) is 28.3. The maximum absolute atomic E-state index is 11.8. The van der Waals surface area contributed by atoms with Gasteiger partial charge in [-0.1, -0.05) is 108 Å². The van der Waals surface area contributed by atoms with E-state index >= 15 is 0 Å². The Labute approximate surface area is 704 Å². The molecule has 6 aromatic carbocycles. The number of allylic oxidation sites excluding steroid dienone is 12. The molecule has 0 bridgehead atoms. The summed E-state index contributed by atoms with van der Waals surface area (Å²) in [5.74, 6) is 0.681. The molecule has 0 aromatic heterocycles. The first-order chi connectivity index (χ1) is 47.9. The number of benzene rings is 6. The third-order valence-corrected chi connectivity index (χ3v) is 16.8. The number of anilines is 2. The molecule has 8 atom stereocenters. The van der Waals surface area contributed by atoms with Gasteiger partial charge < -0.3 is 92.3 Å². The van der Waals surface area contributed by atoms with Gasteiger partial charge >= 0.3 is 118 Å². The summed E-state index contributed by atoms with van der Waals surface area (Å²) in [5, 5.41) is -0.516. The molecule has 0 spiro atoms. The minimum absolute atomic E-state index is 0. The van der Waals surface area contributed by atoms with Crippen molar-refractivity contribution >= 4 is 149 Å². The summed E-state index contributed by atoms with van der Waals surface area (Å²) in [6, 6.07) is 16.6. The van der Waals surface area contributed by atoms with Crippen LogP contribution in [0.1, 0.15) is 24.0 Å². The minimum atomic E-state index is -5.31. The first-order valence-corrected chi connectivity index (χ1v) is 39.0. The van der Waals surface area contributed by atoms with Gasteiger partial charge in [0.25, 0.3) is 41.6 Å². The molecular weight excluding hydrogens is 1650 g/mol. The van der Waals surface area contributed by atoms with E-state index in [4.69, 9.17) is 118 Å². The fourth-order valence-electron chi connectivity index (χ4n) is 11.9. The summed E-state index contributed by atoms with van der Waals surface area (Å²) in [6.07, 6.45) is 33.3. The van der Waals surface area contributed by atoms with Crippen LogP contribution in [0.5, 0.6) is 23.0 Å². The monoisotopic (exact) mass is 1680 g/mol. The number of nitrogens with zero attached hydrogens (tertiary/aromatic N) is 2. The smallest absolute Gasteiger partial charge is 0.759 e. The van der Waals surface area contributed by atoms with Crippen LogP contribution < -0.4 is 146 Å². The summed E-state index contributed by atoms with van der Waals surface area (Å²) >= 11 is 0. The van der Waals surface area contributed by atoms with Crippen molar-refractivity contribution < 1.29 is 266 Å². The molecule has 6 aliphatic carbocycles. The van der Waals surface area contributed by atoms with Gasteiger partial charge in [-0.2, -0.15) is 0 Å². The van der Waals surface area contributed by atoms with Crippen molar-refractivity contribution in [2.45, 2.75) is 24.9 Å². The second kappa shape index (κ2) is 36.5. The number of hydrogen-bond donors (Lipinski definition) is 2. The summed E-state index contributed by atoms with van der Waals surface area (Å²) in [6.45, 7) is 0. The van der Waals surface area contributed by atoms with Crippen LogP contribution in [0.15, 0.2) is 166 Å². The van der Waals surface area contributed by atoms with Crippen LogP contribution in [-0.2, 0) is 92.7 Å². The Morgan fingerprint density at radius 2 is 0.648 bits per heavy atom. The third-order valence-electron chi connectivity index (χ3n) is 15.3. The van der Waals surface area contributed by atoms with Gasteiger partial charge in [0.2, 0.25) is 11.8 Å². The van der Waals surface area contributed by atoms with Crippen molar-refractivity contribution in [1.29, 1.82) is 0 Å². The van der Waals surface area contributed by atoms with Crippen LogP contribution in [-0.4, -0.2) is 146 Å². The van der Waals surface area contributed by atoms with Gasteiger partial charge in [0.15, 0.2) is 23.0 Å². The number of nitrogens with two attached hydrogens (primary N) is 2. The quantitative estimate of drug-likeness (QED) is 0.0423. The molecule has 0 amide bonds. The molecule has 50 heteroatoms. The van der Waals surface area contributed by atoms with E-state index in [9.17, 15) is 51.9 Å². The Morgan fingerprint density at radius 3 is 0.935 bits per heavy atom. The van der Waals surface area contributed by atoms with Crippen molar-refractivity contribution in [2.75, 3.05) is 11.5 Å². The van der Waals surface area contributed by atoms with Gasteiger partial charge in [-0.15, -0.1) is 0 Å². The molecule has 0 fully saturated rings. The predicted octanol–water partition coefficient (Wildman–Crippen LogP) is -10.1. The van der Waals surface area contributed by atoms with Crippen LogP contribution in [0, 0.1) is 60.5 Å². The number of fused-ring (bicyclic) bond motifs is 10. The van der Waals surface area contributed by atoms with E-state index in [1.807, 2.05) is 36.5 Å². The molecule has 556 valence electrons. The number of nitrogen functional groups attached to an aromatic ring is 2. The average molecular weight is 1690 g/mol. The van der Waals surface area contributed by atoms with E-state index in [1.54, 1.807) is 0 Å². The molecule has 38 nitrogen and oxygen atoms in total. The zero-order valence-electron chi connectivity index (χ0n) is 55.1. The van der Waals surface area contributed by atoms with E-state index in [2.05, 4.69) is 49.3 Å². The van der Waals surface area contributed by atoms with E-state index in [1.165, 1.54) is 72.8 Å². The molecule has 2 aliphatic heterocycles. The Bertz CT molecular complexity index is 5410. The fraction of sp³-hybridized carbons (Fsp3) is 0.172. The summed E-state index contributed by atoms with van der Waals surface area (Å²) in [7, 11) is -41.8. The van der Waals surface area contributed by atoms with E-state index < -0.39 is 106 Å². The molecule has 2 heterocycles. The molecule has 14 rings (SSSR count). The van der Waals surface area contributed by atoms with Gasteiger partial charge in [0.1, 0.15) is 23.6 Å². The molecule has 4 N–H and O–H groups in total. The molecule has 108 heavy (non-hydrogen) atoms. The number of hydrogen-bond acceptors (Lipinski definition) is 38. The molecule has 8 aliphatic rings. The van der Waals surface area contributed by atoms with Gasteiger partial charge in [-0.25, -0.2) is 43.7 Å². The largest absolute Gasteiger partial charge is 1.00 e. The van der Waals surface area contributed by atoms with E-state index in [0.717, 1.165) is 11.1 Å². The van der Waals surface area contributed by atoms with Crippen molar-refractivity contribution in [1.82, 2.24) is 0 Å². The van der Waals surface area contributed by atoms with Gasteiger partial charge in [0.05, 0.1) is 33.3 Å². The maximum Gasteiger partial charge on any atom is 1.00 e. The SMILES string of the molecule is Nc1c(C2=NC3CC4=[C]C5C=CC=CC5[CH]C4C=C3O2)ccc2c(OS(=O)(=O)[O-])c3ccccc3c(OS(=O)(=O)[O-])c12.Nc1c(C2=NC3CC4=[C]C5C=CC=CC5[CH]C4C=C3O2)ccc2c(OS(=O)(=O)[O-])c3ccccc3c(OS(=O)(=O)[O-])c12.O=S(=O)([O-])[O-].O=S(=O)([O-])[O-].O=S(=O)([O-])[O-].O=S(=O)([O-])[O-].[Na+].[Na+].[Na+].[Na+]. The normalized spacial score (nSPS) is 21.3. The first kappa shape index (κ1) is 93.7.